The van der Waals surface area contributed by atoms with Gasteiger partial charge < -0.3 is 10.1 Å². The third kappa shape index (κ3) is 5.35. The van der Waals surface area contributed by atoms with E-state index in [0.717, 1.165) is 4.90 Å². The summed E-state index contributed by atoms with van der Waals surface area (Å²) in [5.41, 5.74) is 0. The molecule has 1 N–H and O–H groups in total. The van der Waals surface area contributed by atoms with Crippen LogP contribution < -0.4 is 5.32 Å². The smallest absolute Gasteiger partial charge is 0.325 e. The van der Waals surface area contributed by atoms with Gasteiger partial charge in [-0.3, -0.25) is 9.59 Å². The molecule has 0 atom stereocenters. The molecule has 0 heterocycles. The molecule has 0 bridgehead atoms. The van der Waals surface area contributed by atoms with Crippen LogP contribution in [0.25, 0.3) is 0 Å². The van der Waals surface area contributed by atoms with Gasteiger partial charge in [-0.1, -0.05) is 0 Å². The molecule has 0 aliphatic rings. The highest BCUT2D eigenvalue weighted by Crippen LogP contribution is 2.17. The van der Waals surface area contributed by atoms with Crippen LogP contribution in [0.2, 0.25) is 0 Å². The Labute approximate surface area is 103 Å². The second-order valence-electron chi connectivity index (χ2n) is 3.10. The molecule has 0 spiro atoms. The van der Waals surface area contributed by atoms with E-state index >= 15 is 0 Å². The lowest BCUT2D eigenvalue weighted by molar-refractivity contribution is -0.140. The van der Waals surface area contributed by atoms with E-state index in [2.05, 4.69) is 10.1 Å². The molecule has 0 aliphatic heterocycles. The maximum atomic E-state index is 12.6. The summed E-state index contributed by atoms with van der Waals surface area (Å²) >= 11 is 1.27. The van der Waals surface area contributed by atoms with Crippen LogP contribution >= 0.6 is 11.8 Å². The maximum absolute atomic E-state index is 12.6. The minimum atomic E-state index is -0.495. The fraction of sp³-hybridized carbons (Fsp3) is 0.273. The van der Waals surface area contributed by atoms with Crippen LogP contribution in [0, 0.1) is 5.82 Å². The monoisotopic (exact) mass is 257 g/mol. The first-order chi connectivity index (χ1) is 8.11. The summed E-state index contributed by atoms with van der Waals surface area (Å²) in [6, 6.07) is 5.84. The van der Waals surface area contributed by atoms with E-state index in [4.69, 9.17) is 0 Å². The highest BCUT2D eigenvalue weighted by Gasteiger charge is 2.05. The van der Waals surface area contributed by atoms with E-state index in [0.29, 0.717) is 0 Å². The van der Waals surface area contributed by atoms with Gasteiger partial charge in [0.15, 0.2) is 0 Å². The largest absolute Gasteiger partial charge is 0.468 e. The van der Waals surface area contributed by atoms with Crippen LogP contribution in [-0.2, 0) is 14.3 Å². The van der Waals surface area contributed by atoms with Crippen molar-refractivity contribution in [3.8, 4) is 0 Å². The standard InChI is InChI=1S/C11H12FNO3S/c1-16-11(15)6-13-10(14)7-17-9-4-2-8(12)3-5-9/h2-5H,6-7H2,1H3,(H,13,14). The minimum Gasteiger partial charge on any atom is -0.468 e. The van der Waals surface area contributed by atoms with E-state index in [1.807, 2.05) is 0 Å². The van der Waals surface area contributed by atoms with Gasteiger partial charge in [-0.05, 0) is 24.3 Å². The van der Waals surface area contributed by atoms with Crippen LogP contribution in [0.4, 0.5) is 4.39 Å². The minimum absolute atomic E-state index is 0.140. The zero-order chi connectivity index (χ0) is 12.7. The maximum Gasteiger partial charge on any atom is 0.325 e. The molecule has 4 nitrogen and oxygen atoms in total. The summed E-state index contributed by atoms with van der Waals surface area (Å²) < 4.78 is 17.0. The van der Waals surface area contributed by atoms with Crippen molar-refractivity contribution in [2.45, 2.75) is 4.90 Å². The number of amides is 1. The molecule has 0 saturated heterocycles. The predicted octanol–water partition coefficient (Wildman–Crippen LogP) is 1.21. The third-order valence-electron chi connectivity index (χ3n) is 1.84. The van der Waals surface area contributed by atoms with E-state index in [1.165, 1.54) is 31.0 Å². The average Bonchev–Trinajstić information content (AvgIpc) is 2.35. The van der Waals surface area contributed by atoms with Gasteiger partial charge in [-0.25, -0.2) is 4.39 Å². The zero-order valence-corrected chi connectivity index (χ0v) is 10.1. The molecule has 0 aliphatic carbocycles. The summed E-state index contributed by atoms with van der Waals surface area (Å²) in [7, 11) is 1.25. The zero-order valence-electron chi connectivity index (χ0n) is 9.23. The van der Waals surface area contributed by atoms with E-state index in [-0.39, 0.29) is 24.0 Å². The molecule has 1 aromatic rings. The van der Waals surface area contributed by atoms with Crippen LogP contribution in [0.5, 0.6) is 0 Å². The van der Waals surface area contributed by atoms with Crippen molar-refractivity contribution in [1.82, 2.24) is 5.32 Å². The van der Waals surface area contributed by atoms with Gasteiger partial charge in [0.2, 0.25) is 5.91 Å². The fourth-order valence-electron chi connectivity index (χ4n) is 0.974. The number of hydrogen-bond acceptors (Lipinski definition) is 4. The summed E-state index contributed by atoms with van der Waals surface area (Å²) in [5.74, 6) is -0.915. The van der Waals surface area contributed by atoms with Gasteiger partial charge in [0.1, 0.15) is 12.4 Å². The van der Waals surface area contributed by atoms with Crippen molar-refractivity contribution in [2.75, 3.05) is 19.4 Å². The second-order valence-corrected chi connectivity index (χ2v) is 4.14. The number of rotatable bonds is 5. The number of methoxy groups -OCH3 is 1. The number of nitrogens with one attached hydrogen (secondary N) is 1. The topological polar surface area (TPSA) is 55.4 Å². The molecule has 6 heteroatoms. The summed E-state index contributed by atoms with van der Waals surface area (Å²) in [6.07, 6.45) is 0. The van der Waals surface area contributed by atoms with Gasteiger partial charge in [0.05, 0.1) is 12.9 Å². The molecule has 0 radical (unpaired) electrons. The molecule has 0 aromatic heterocycles. The molecular formula is C11H12FNO3S. The molecule has 1 amide bonds. The fourth-order valence-corrected chi connectivity index (χ4v) is 1.70. The Morgan fingerprint density at radius 1 is 1.35 bits per heavy atom. The van der Waals surface area contributed by atoms with Gasteiger partial charge in [0.25, 0.3) is 0 Å². The molecular weight excluding hydrogens is 245 g/mol. The average molecular weight is 257 g/mol. The number of esters is 1. The predicted molar refractivity (Wildman–Crippen MR) is 62.1 cm³/mol. The first kappa shape index (κ1) is 13.5. The number of halogens is 1. The number of hydrogen-bond donors (Lipinski definition) is 1. The lowest BCUT2D eigenvalue weighted by Crippen LogP contribution is -2.31. The Kier molecular flexibility index (Phi) is 5.48. The van der Waals surface area contributed by atoms with Crippen molar-refractivity contribution in [2.24, 2.45) is 0 Å². The van der Waals surface area contributed by atoms with Crippen molar-refractivity contribution < 1.29 is 18.7 Å². The number of benzene rings is 1. The van der Waals surface area contributed by atoms with Gasteiger partial charge in [0, 0.05) is 4.90 Å². The Balaban J connectivity index is 2.28. The SMILES string of the molecule is COC(=O)CNC(=O)CSc1ccc(F)cc1. The molecule has 1 aromatic carbocycles. The highest BCUT2D eigenvalue weighted by molar-refractivity contribution is 8.00. The lowest BCUT2D eigenvalue weighted by atomic mass is 10.4. The van der Waals surface area contributed by atoms with Gasteiger partial charge in [-0.15, -0.1) is 11.8 Å². The van der Waals surface area contributed by atoms with E-state index in [9.17, 15) is 14.0 Å². The molecule has 1 rings (SSSR count). The molecule has 17 heavy (non-hydrogen) atoms. The Morgan fingerprint density at radius 3 is 2.59 bits per heavy atom. The molecule has 0 saturated carbocycles. The van der Waals surface area contributed by atoms with Crippen LogP contribution in [0.3, 0.4) is 0 Å². The summed E-state index contributed by atoms with van der Waals surface area (Å²) in [5, 5.41) is 2.41. The van der Waals surface area contributed by atoms with Crippen molar-refractivity contribution >= 4 is 23.6 Å². The molecule has 92 valence electrons. The van der Waals surface area contributed by atoms with Crippen LogP contribution in [0.1, 0.15) is 0 Å². The first-order valence-electron chi connectivity index (χ1n) is 4.83. The van der Waals surface area contributed by atoms with E-state index in [1.54, 1.807) is 12.1 Å². The van der Waals surface area contributed by atoms with Crippen LogP contribution in [-0.4, -0.2) is 31.3 Å². The normalized spacial score (nSPS) is 9.76. The Bertz CT molecular complexity index is 394. The number of carbonyl (C=O) groups is 2. The number of thioether (sulfide) groups is 1. The van der Waals surface area contributed by atoms with Crippen molar-refractivity contribution in [3.05, 3.63) is 30.1 Å². The Hall–Kier alpha value is -1.56. The second kappa shape index (κ2) is 6.90. The molecule has 0 fully saturated rings. The third-order valence-corrected chi connectivity index (χ3v) is 2.85. The highest BCUT2D eigenvalue weighted by atomic mass is 32.2. The van der Waals surface area contributed by atoms with E-state index < -0.39 is 5.97 Å². The van der Waals surface area contributed by atoms with Gasteiger partial charge in [-0.2, -0.15) is 0 Å². The first-order valence-corrected chi connectivity index (χ1v) is 5.82. The summed E-state index contributed by atoms with van der Waals surface area (Å²) in [4.78, 5) is 22.8. The summed E-state index contributed by atoms with van der Waals surface area (Å²) in [6.45, 7) is -0.140. The van der Waals surface area contributed by atoms with Crippen molar-refractivity contribution in [1.29, 1.82) is 0 Å². The van der Waals surface area contributed by atoms with Crippen molar-refractivity contribution in [3.63, 3.8) is 0 Å². The number of ether oxygens (including phenoxy) is 1. The lowest BCUT2D eigenvalue weighted by Gasteiger charge is -2.03. The molecule has 0 unspecified atom stereocenters. The number of carbonyl (C=O) groups excluding carboxylic acids is 2. The van der Waals surface area contributed by atoms with Crippen LogP contribution in [0.15, 0.2) is 29.2 Å². The quantitative estimate of drug-likeness (QED) is 0.636. The Morgan fingerprint density at radius 2 is 2.00 bits per heavy atom. The van der Waals surface area contributed by atoms with Gasteiger partial charge >= 0.3 is 5.97 Å².